The van der Waals surface area contributed by atoms with Gasteiger partial charge in [0.05, 0.1) is 12.3 Å². The van der Waals surface area contributed by atoms with Crippen LogP contribution < -0.4 is 5.32 Å². The van der Waals surface area contributed by atoms with Crippen molar-refractivity contribution in [2.45, 2.75) is 39.2 Å². The summed E-state index contributed by atoms with van der Waals surface area (Å²) in [7, 11) is 0. The van der Waals surface area contributed by atoms with Gasteiger partial charge < -0.3 is 14.3 Å². The van der Waals surface area contributed by atoms with Crippen molar-refractivity contribution in [3.05, 3.63) is 59.7 Å². The van der Waals surface area contributed by atoms with E-state index in [-0.39, 0.29) is 11.9 Å². The van der Waals surface area contributed by atoms with E-state index in [1.54, 1.807) is 18.4 Å². The fourth-order valence-corrected chi connectivity index (χ4v) is 2.57. The number of hydrogen-bond donors (Lipinski definition) is 1. The van der Waals surface area contributed by atoms with E-state index in [0.29, 0.717) is 30.3 Å². The molecule has 3 rings (SSSR count). The molecule has 0 aliphatic carbocycles. The third kappa shape index (κ3) is 4.35. The fraction of sp³-hybridized carbons (Fsp3) is 0.316. The lowest BCUT2D eigenvalue weighted by Gasteiger charge is -2.17. The molecule has 2 heterocycles. The Morgan fingerprint density at radius 3 is 2.72 bits per heavy atom. The van der Waals surface area contributed by atoms with Crippen molar-refractivity contribution in [2.24, 2.45) is 0 Å². The molecule has 0 radical (unpaired) electrons. The van der Waals surface area contributed by atoms with E-state index in [0.717, 1.165) is 12.0 Å². The Morgan fingerprint density at radius 1 is 1.24 bits per heavy atom. The van der Waals surface area contributed by atoms with E-state index >= 15 is 0 Å². The molecule has 1 atom stereocenters. The number of rotatable bonds is 7. The van der Waals surface area contributed by atoms with Gasteiger partial charge in [-0.05, 0) is 31.0 Å². The largest absolute Gasteiger partial charge is 0.461 e. The van der Waals surface area contributed by atoms with Gasteiger partial charge in [0, 0.05) is 12.8 Å². The average molecular weight is 339 g/mol. The van der Waals surface area contributed by atoms with Crippen LogP contribution >= 0.6 is 0 Å². The lowest BCUT2D eigenvalue weighted by Crippen LogP contribution is -2.28. The van der Waals surface area contributed by atoms with Gasteiger partial charge in [-0.25, -0.2) is 0 Å². The molecule has 1 aromatic carbocycles. The molecule has 0 aliphatic heterocycles. The molecule has 1 N–H and O–H groups in total. The van der Waals surface area contributed by atoms with Gasteiger partial charge in [-0.2, -0.15) is 4.98 Å². The fourth-order valence-electron chi connectivity index (χ4n) is 2.57. The number of carbonyl (C=O) groups excluding carboxylic acids is 1. The number of hydrogen-bond acceptors (Lipinski definition) is 5. The molecule has 2 aromatic heterocycles. The molecule has 6 heteroatoms. The zero-order valence-corrected chi connectivity index (χ0v) is 14.4. The van der Waals surface area contributed by atoms with Crippen LogP contribution in [0.5, 0.6) is 0 Å². The van der Waals surface area contributed by atoms with Gasteiger partial charge in [0.15, 0.2) is 5.76 Å². The maximum absolute atomic E-state index is 12.2. The summed E-state index contributed by atoms with van der Waals surface area (Å²) in [6.07, 6.45) is 3.07. The topological polar surface area (TPSA) is 81.2 Å². The summed E-state index contributed by atoms with van der Waals surface area (Å²) in [5.74, 6) is 1.33. The Balaban J connectivity index is 1.54. The monoisotopic (exact) mass is 339 g/mol. The second-order valence-corrected chi connectivity index (χ2v) is 5.93. The van der Waals surface area contributed by atoms with Crippen molar-refractivity contribution in [1.29, 1.82) is 0 Å². The normalized spacial score (nSPS) is 12.1. The van der Waals surface area contributed by atoms with E-state index in [1.807, 2.05) is 6.92 Å². The second kappa shape index (κ2) is 7.79. The average Bonchev–Trinajstić information content (AvgIpc) is 3.30. The van der Waals surface area contributed by atoms with Crippen LogP contribution in [0.2, 0.25) is 0 Å². The maximum atomic E-state index is 12.2. The summed E-state index contributed by atoms with van der Waals surface area (Å²) in [5, 5.41) is 6.92. The van der Waals surface area contributed by atoms with Crippen LogP contribution in [-0.4, -0.2) is 16.0 Å². The van der Waals surface area contributed by atoms with E-state index in [4.69, 9.17) is 8.94 Å². The van der Waals surface area contributed by atoms with E-state index in [1.165, 1.54) is 5.56 Å². The molecule has 25 heavy (non-hydrogen) atoms. The number of carbonyl (C=O) groups is 1. The number of furan rings is 1. The molecule has 0 aliphatic rings. The molecule has 0 bridgehead atoms. The molecule has 0 saturated heterocycles. The first-order chi connectivity index (χ1) is 12.2. The van der Waals surface area contributed by atoms with Crippen LogP contribution in [0, 0.1) is 6.92 Å². The Bertz CT molecular complexity index is 807. The number of nitrogens with zero attached hydrogens (tertiary/aromatic N) is 2. The van der Waals surface area contributed by atoms with Crippen molar-refractivity contribution < 1.29 is 13.7 Å². The summed E-state index contributed by atoms with van der Waals surface area (Å²) >= 11 is 0. The lowest BCUT2D eigenvalue weighted by molar-refractivity contribution is -0.121. The predicted molar refractivity (Wildman–Crippen MR) is 92.7 cm³/mol. The molecule has 0 spiro atoms. The van der Waals surface area contributed by atoms with E-state index in [9.17, 15) is 4.79 Å². The maximum Gasteiger partial charge on any atom is 0.238 e. The van der Waals surface area contributed by atoms with E-state index in [2.05, 4.69) is 46.6 Å². The van der Waals surface area contributed by atoms with Crippen LogP contribution in [0.25, 0.3) is 11.6 Å². The molecular formula is C19H21N3O3. The molecule has 0 saturated carbocycles. The van der Waals surface area contributed by atoms with Crippen LogP contribution in [0.3, 0.4) is 0 Å². The van der Waals surface area contributed by atoms with Crippen LogP contribution in [0.4, 0.5) is 0 Å². The van der Waals surface area contributed by atoms with Gasteiger partial charge in [0.2, 0.25) is 17.6 Å². The quantitative estimate of drug-likeness (QED) is 0.707. The zero-order valence-electron chi connectivity index (χ0n) is 14.4. The number of amides is 1. The van der Waals surface area contributed by atoms with Crippen molar-refractivity contribution in [1.82, 2.24) is 15.5 Å². The minimum Gasteiger partial charge on any atom is -0.461 e. The number of nitrogens with one attached hydrogen (secondary N) is 1. The summed E-state index contributed by atoms with van der Waals surface area (Å²) in [5.41, 5.74) is 2.31. The van der Waals surface area contributed by atoms with Crippen molar-refractivity contribution >= 4 is 5.91 Å². The Morgan fingerprint density at radius 2 is 2.04 bits per heavy atom. The van der Waals surface area contributed by atoms with Gasteiger partial charge in [0.25, 0.3) is 0 Å². The SMILES string of the molecule is CCC(NC(=O)CCc1nc(-c2ccco2)no1)c1ccc(C)cc1. The van der Waals surface area contributed by atoms with Gasteiger partial charge >= 0.3 is 0 Å². The van der Waals surface area contributed by atoms with Crippen LogP contribution in [0.1, 0.15) is 42.8 Å². The molecule has 1 amide bonds. The van der Waals surface area contributed by atoms with Gasteiger partial charge in [-0.3, -0.25) is 4.79 Å². The first-order valence-electron chi connectivity index (χ1n) is 8.38. The molecule has 6 nitrogen and oxygen atoms in total. The Hall–Kier alpha value is -2.89. The molecule has 3 aromatic rings. The third-order valence-corrected chi connectivity index (χ3v) is 4.00. The van der Waals surface area contributed by atoms with Gasteiger partial charge in [-0.15, -0.1) is 0 Å². The first-order valence-corrected chi connectivity index (χ1v) is 8.38. The highest BCUT2D eigenvalue weighted by molar-refractivity contribution is 5.76. The minimum atomic E-state index is -0.0369. The molecule has 0 fully saturated rings. The summed E-state index contributed by atoms with van der Waals surface area (Å²) in [6.45, 7) is 4.10. The molecule has 1 unspecified atom stereocenters. The summed E-state index contributed by atoms with van der Waals surface area (Å²) < 4.78 is 10.4. The Kier molecular flexibility index (Phi) is 5.28. The summed E-state index contributed by atoms with van der Waals surface area (Å²) in [6, 6.07) is 11.7. The zero-order chi connectivity index (χ0) is 17.6. The highest BCUT2D eigenvalue weighted by Gasteiger charge is 2.15. The molecule has 130 valence electrons. The van der Waals surface area contributed by atoms with Crippen molar-refractivity contribution in [2.75, 3.05) is 0 Å². The highest BCUT2D eigenvalue weighted by atomic mass is 16.5. The Labute approximate surface area is 146 Å². The van der Waals surface area contributed by atoms with Crippen molar-refractivity contribution in [3.63, 3.8) is 0 Å². The number of aryl methyl sites for hydroxylation is 2. The van der Waals surface area contributed by atoms with Gasteiger partial charge in [-0.1, -0.05) is 41.9 Å². The second-order valence-electron chi connectivity index (χ2n) is 5.93. The minimum absolute atomic E-state index is 0.00876. The van der Waals surface area contributed by atoms with Crippen LogP contribution in [0.15, 0.2) is 51.6 Å². The summed E-state index contributed by atoms with van der Waals surface area (Å²) in [4.78, 5) is 16.5. The highest BCUT2D eigenvalue weighted by Crippen LogP contribution is 2.18. The smallest absolute Gasteiger partial charge is 0.238 e. The molecular weight excluding hydrogens is 318 g/mol. The van der Waals surface area contributed by atoms with Crippen molar-refractivity contribution in [3.8, 4) is 11.6 Å². The predicted octanol–water partition coefficient (Wildman–Crippen LogP) is 3.84. The standard InChI is InChI=1S/C19H21N3O3/c1-3-15(14-8-6-13(2)7-9-14)20-17(23)10-11-18-21-19(22-25-18)16-5-4-12-24-16/h4-9,12,15H,3,10-11H2,1-2H3,(H,20,23). The number of aromatic nitrogens is 2. The third-order valence-electron chi connectivity index (χ3n) is 4.00. The first kappa shape index (κ1) is 17.0. The van der Waals surface area contributed by atoms with Crippen LogP contribution in [-0.2, 0) is 11.2 Å². The van der Waals surface area contributed by atoms with E-state index < -0.39 is 0 Å². The number of benzene rings is 1. The van der Waals surface area contributed by atoms with Gasteiger partial charge in [0.1, 0.15) is 0 Å². The lowest BCUT2D eigenvalue weighted by atomic mass is 10.0.